The number of H-pyrrole nitrogens is 1. The first-order valence-corrected chi connectivity index (χ1v) is 8.38. The molecular formula is C11H18ClN3O3S. The molecule has 0 aromatic carbocycles. The first kappa shape index (κ1) is 16.0. The molecule has 0 fully saturated rings. The van der Waals surface area contributed by atoms with Gasteiger partial charge in [0.2, 0.25) is 0 Å². The topological polar surface area (TPSA) is 91.9 Å². The molecule has 1 aromatic heterocycles. The summed E-state index contributed by atoms with van der Waals surface area (Å²) in [5.74, 6) is -0.535. The van der Waals surface area contributed by atoms with Crippen molar-refractivity contribution in [1.82, 2.24) is 15.5 Å². The normalized spacial score (nSPS) is 13.3. The molecule has 108 valence electrons. The number of nitrogens with one attached hydrogen (secondary N) is 2. The number of carbonyl (C=O) groups excluding carboxylic acids is 1. The van der Waals surface area contributed by atoms with E-state index in [1.54, 1.807) is 0 Å². The van der Waals surface area contributed by atoms with Crippen LogP contribution in [0.15, 0.2) is 4.90 Å². The van der Waals surface area contributed by atoms with Gasteiger partial charge in [-0.2, -0.15) is 5.10 Å². The average Bonchev–Trinajstić information content (AvgIpc) is 2.68. The lowest BCUT2D eigenvalue weighted by atomic mass is 10.1. The quantitative estimate of drug-likeness (QED) is 0.786. The van der Waals surface area contributed by atoms with Gasteiger partial charge in [-0.1, -0.05) is 19.8 Å². The molecule has 1 heterocycles. The smallest absolute Gasteiger partial charge is 0.273 e. The third-order valence-corrected chi connectivity index (χ3v) is 4.17. The summed E-state index contributed by atoms with van der Waals surface area (Å²) in [4.78, 5) is 11.7. The fraction of sp³-hybridized carbons (Fsp3) is 0.636. The zero-order valence-corrected chi connectivity index (χ0v) is 12.7. The van der Waals surface area contributed by atoms with Crippen LogP contribution in [-0.2, 0) is 9.05 Å². The van der Waals surface area contributed by atoms with Crippen LogP contribution in [0.4, 0.5) is 0 Å². The highest BCUT2D eigenvalue weighted by molar-refractivity contribution is 8.13. The molecule has 0 bridgehead atoms. The van der Waals surface area contributed by atoms with Crippen molar-refractivity contribution in [2.75, 3.05) is 0 Å². The summed E-state index contributed by atoms with van der Waals surface area (Å²) in [6, 6.07) is -0.0460. The molecule has 0 spiro atoms. The Hall–Kier alpha value is -1.08. The molecule has 0 saturated carbocycles. The summed E-state index contributed by atoms with van der Waals surface area (Å²) in [6.45, 7) is 5.42. The molecule has 0 aliphatic rings. The highest BCUT2D eigenvalue weighted by Crippen LogP contribution is 2.21. The molecule has 0 aliphatic carbocycles. The van der Waals surface area contributed by atoms with Crippen LogP contribution < -0.4 is 5.32 Å². The molecule has 1 rings (SSSR count). The third-order valence-electron chi connectivity index (χ3n) is 2.72. The Morgan fingerprint density at radius 1 is 1.53 bits per heavy atom. The van der Waals surface area contributed by atoms with E-state index in [9.17, 15) is 13.2 Å². The number of rotatable bonds is 6. The summed E-state index contributed by atoms with van der Waals surface area (Å²) >= 11 is 0. The van der Waals surface area contributed by atoms with Gasteiger partial charge in [-0.05, 0) is 20.3 Å². The van der Waals surface area contributed by atoms with Crippen molar-refractivity contribution >= 4 is 25.6 Å². The van der Waals surface area contributed by atoms with Crippen LogP contribution in [0.1, 0.15) is 49.3 Å². The molecule has 1 aromatic rings. The van der Waals surface area contributed by atoms with Gasteiger partial charge in [-0.25, -0.2) is 8.42 Å². The fourth-order valence-corrected chi connectivity index (χ4v) is 3.09. The fourth-order valence-electron chi connectivity index (χ4n) is 1.75. The van der Waals surface area contributed by atoms with Crippen molar-refractivity contribution in [2.24, 2.45) is 0 Å². The summed E-state index contributed by atoms with van der Waals surface area (Å²) in [6.07, 6.45) is 2.85. The summed E-state index contributed by atoms with van der Waals surface area (Å²) in [7, 11) is 1.31. The highest BCUT2D eigenvalue weighted by atomic mass is 35.7. The number of carbonyl (C=O) groups is 1. The van der Waals surface area contributed by atoms with Crippen LogP contribution in [0.5, 0.6) is 0 Å². The molecule has 0 saturated heterocycles. The van der Waals surface area contributed by atoms with Crippen LogP contribution in [0, 0.1) is 6.92 Å². The minimum absolute atomic E-state index is 0.0460. The number of aromatic nitrogens is 2. The van der Waals surface area contributed by atoms with Crippen LogP contribution in [-0.4, -0.2) is 30.6 Å². The Labute approximate surface area is 117 Å². The molecule has 8 heteroatoms. The minimum atomic E-state index is -4.00. The Morgan fingerprint density at radius 2 is 2.16 bits per heavy atom. The number of aryl methyl sites for hydroxylation is 1. The Kier molecular flexibility index (Phi) is 5.37. The second-order valence-electron chi connectivity index (χ2n) is 4.48. The van der Waals surface area contributed by atoms with Gasteiger partial charge in [-0.15, -0.1) is 0 Å². The molecular weight excluding hydrogens is 290 g/mol. The van der Waals surface area contributed by atoms with E-state index in [0.29, 0.717) is 0 Å². The number of halogens is 1. The number of nitrogens with zero attached hydrogens (tertiary/aromatic N) is 1. The lowest BCUT2D eigenvalue weighted by molar-refractivity contribution is 0.0929. The van der Waals surface area contributed by atoms with Gasteiger partial charge in [-0.3, -0.25) is 9.89 Å². The van der Waals surface area contributed by atoms with E-state index in [1.165, 1.54) is 6.92 Å². The van der Waals surface area contributed by atoms with Gasteiger partial charge in [0.05, 0.1) is 5.69 Å². The van der Waals surface area contributed by atoms with Crippen molar-refractivity contribution in [3.05, 3.63) is 11.4 Å². The monoisotopic (exact) mass is 307 g/mol. The molecule has 1 amide bonds. The Morgan fingerprint density at radius 3 is 2.68 bits per heavy atom. The zero-order valence-electron chi connectivity index (χ0n) is 11.2. The predicted molar refractivity (Wildman–Crippen MR) is 72.8 cm³/mol. The van der Waals surface area contributed by atoms with E-state index in [-0.39, 0.29) is 22.3 Å². The van der Waals surface area contributed by atoms with Crippen molar-refractivity contribution in [3.63, 3.8) is 0 Å². The van der Waals surface area contributed by atoms with E-state index >= 15 is 0 Å². The van der Waals surface area contributed by atoms with E-state index in [2.05, 4.69) is 22.4 Å². The van der Waals surface area contributed by atoms with Crippen LogP contribution in [0.3, 0.4) is 0 Å². The van der Waals surface area contributed by atoms with Crippen molar-refractivity contribution in [1.29, 1.82) is 0 Å². The zero-order chi connectivity index (χ0) is 14.6. The minimum Gasteiger partial charge on any atom is -0.348 e. The van der Waals surface area contributed by atoms with Crippen LogP contribution in [0.2, 0.25) is 0 Å². The molecule has 6 nitrogen and oxygen atoms in total. The molecule has 0 aliphatic heterocycles. The average molecular weight is 308 g/mol. The maximum atomic E-state index is 12.0. The van der Waals surface area contributed by atoms with Crippen molar-refractivity contribution < 1.29 is 13.2 Å². The predicted octanol–water partition coefficient (Wildman–Crippen LogP) is 1.95. The molecule has 1 atom stereocenters. The van der Waals surface area contributed by atoms with Crippen molar-refractivity contribution in [2.45, 2.75) is 51.0 Å². The first-order chi connectivity index (χ1) is 8.77. The van der Waals surface area contributed by atoms with Crippen LogP contribution >= 0.6 is 10.7 Å². The van der Waals surface area contributed by atoms with E-state index in [1.807, 2.05) is 6.92 Å². The van der Waals surface area contributed by atoms with Gasteiger partial charge in [0.1, 0.15) is 4.90 Å². The van der Waals surface area contributed by atoms with Gasteiger partial charge < -0.3 is 5.32 Å². The molecule has 0 radical (unpaired) electrons. The number of amides is 1. The Bertz CT molecular complexity index is 554. The maximum absolute atomic E-state index is 12.0. The lowest BCUT2D eigenvalue weighted by Gasteiger charge is -2.12. The Balaban J connectivity index is 2.90. The number of hydrogen-bond donors (Lipinski definition) is 2. The molecule has 1 unspecified atom stereocenters. The summed E-state index contributed by atoms with van der Waals surface area (Å²) < 4.78 is 22.8. The van der Waals surface area contributed by atoms with Crippen LogP contribution in [0.25, 0.3) is 0 Å². The second-order valence-corrected chi connectivity index (χ2v) is 6.98. The second kappa shape index (κ2) is 6.38. The summed E-state index contributed by atoms with van der Waals surface area (Å²) in [5, 5.41) is 8.89. The van der Waals surface area contributed by atoms with E-state index in [0.717, 1.165) is 19.3 Å². The van der Waals surface area contributed by atoms with Gasteiger partial charge in [0.25, 0.3) is 15.0 Å². The molecule has 19 heavy (non-hydrogen) atoms. The number of unbranched alkanes of at least 4 members (excludes halogenated alkanes) is 1. The van der Waals surface area contributed by atoms with Gasteiger partial charge in [0, 0.05) is 16.7 Å². The van der Waals surface area contributed by atoms with Gasteiger partial charge >= 0.3 is 0 Å². The standard InChI is InChI=1S/C11H18ClN3O3S/c1-4-5-6-7(2)13-11(16)9-10(19(12,17)18)8(3)14-15-9/h7H,4-6H2,1-3H3,(H,13,16)(H,14,15). The van der Waals surface area contributed by atoms with Crippen molar-refractivity contribution in [3.8, 4) is 0 Å². The first-order valence-electron chi connectivity index (χ1n) is 6.07. The molecule has 2 N–H and O–H groups in total. The third kappa shape index (κ3) is 4.21. The summed E-state index contributed by atoms with van der Waals surface area (Å²) in [5.41, 5.74) is 0.0669. The van der Waals surface area contributed by atoms with E-state index < -0.39 is 15.0 Å². The maximum Gasteiger partial charge on any atom is 0.273 e. The number of aromatic amines is 1. The largest absolute Gasteiger partial charge is 0.348 e. The lowest BCUT2D eigenvalue weighted by Crippen LogP contribution is -2.33. The number of hydrogen-bond acceptors (Lipinski definition) is 4. The van der Waals surface area contributed by atoms with Gasteiger partial charge in [0.15, 0.2) is 5.69 Å². The SMILES string of the molecule is CCCCC(C)NC(=O)c1n[nH]c(C)c1S(=O)(=O)Cl. The van der Waals surface area contributed by atoms with E-state index in [4.69, 9.17) is 10.7 Å². The highest BCUT2D eigenvalue weighted by Gasteiger charge is 2.27.